The van der Waals surface area contributed by atoms with Crippen molar-refractivity contribution in [2.75, 3.05) is 13.7 Å². The van der Waals surface area contributed by atoms with Crippen molar-refractivity contribution in [3.63, 3.8) is 0 Å². The van der Waals surface area contributed by atoms with E-state index in [9.17, 15) is 4.79 Å². The van der Waals surface area contributed by atoms with Gasteiger partial charge in [-0.05, 0) is 55.3 Å². The van der Waals surface area contributed by atoms with E-state index in [4.69, 9.17) is 16.3 Å². The van der Waals surface area contributed by atoms with Gasteiger partial charge in [0.15, 0.2) is 0 Å². The summed E-state index contributed by atoms with van der Waals surface area (Å²) in [5.41, 5.74) is 2.67. The monoisotopic (exact) mass is 317 g/mol. The summed E-state index contributed by atoms with van der Waals surface area (Å²) < 4.78 is 5.50. The van der Waals surface area contributed by atoms with Crippen molar-refractivity contribution in [3.8, 4) is 5.75 Å². The molecule has 0 atom stereocenters. The van der Waals surface area contributed by atoms with Crippen molar-refractivity contribution in [2.24, 2.45) is 0 Å². The molecule has 0 saturated heterocycles. The maximum absolute atomic E-state index is 12.5. The first kappa shape index (κ1) is 16.4. The fourth-order valence-corrected chi connectivity index (χ4v) is 2.38. The third-order valence-electron chi connectivity index (χ3n) is 3.40. The topological polar surface area (TPSA) is 29.5 Å². The number of hydrogen-bond acceptors (Lipinski definition) is 2. The van der Waals surface area contributed by atoms with E-state index in [0.717, 1.165) is 16.9 Å². The van der Waals surface area contributed by atoms with Gasteiger partial charge in [0.1, 0.15) is 5.75 Å². The summed E-state index contributed by atoms with van der Waals surface area (Å²) in [5.74, 6) is 0.806. The van der Waals surface area contributed by atoms with Crippen LogP contribution >= 0.6 is 11.6 Å². The first-order valence-electron chi connectivity index (χ1n) is 7.24. The molecule has 0 unspecified atom stereocenters. The van der Waals surface area contributed by atoms with Crippen LogP contribution < -0.4 is 4.74 Å². The third kappa shape index (κ3) is 4.01. The van der Waals surface area contributed by atoms with Crippen LogP contribution in [0.2, 0.25) is 5.02 Å². The van der Waals surface area contributed by atoms with Crippen molar-refractivity contribution < 1.29 is 9.53 Å². The van der Waals surface area contributed by atoms with Crippen LogP contribution in [-0.4, -0.2) is 24.5 Å². The number of carbonyl (C=O) groups is 1. The fourth-order valence-electron chi connectivity index (χ4n) is 2.26. The van der Waals surface area contributed by atoms with E-state index < -0.39 is 0 Å². The Morgan fingerprint density at radius 2 is 1.86 bits per heavy atom. The van der Waals surface area contributed by atoms with Gasteiger partial charge in [-0.3, -0.25) is 4.79 Å². The molecule has 0 aliphatic heterocycles. The molecule has 0 spiro atoms. The second-order valence-corrected chi connectivity index (χ2v) is 5.64. The van der Waals surface area contributed by atoms with E-state index in [1.165, 1.54) is 0 Å². The Labute approximate surface area is 136 Å². The van der Waals surface area contributed by atoms with Crippen molar-refractivity contribution in [1.29, 1.82) is 0 Å². The molecule has 1 amide bonds. The van der Waals surface area contributed by atoms with Crippen LogP contribution in [-0.2, 0) is 6.54 Å². The minimum absolute atomic E-state index is 0.0129. The third-order valence-corrected chi connectivity index (χ3v) is 3.65. The molecule has 0 radical (unpaired) electrons. The summed E-state index contributed by atoms with van der Waals surface area (Å²) in [6.07, 6.45) is 0. The molecule has 4 heteroatoms. The average Bonchev–Trinajstić information content (AvgIpc) is 2.51. The minimum Gasteiger partial charge on any atom is -0.494 e. The lowest BCUT2D eigenvalue weighted by Gasteiger charge is -2.18. The molecule has 2 rings (SSSR count). The normalized spacial score (nSPS) is 10.4. The summed E-state index contributed by atoms with van der Waals surface area (Å²) in [5, 5.41) is 0.694. The van der Waals surface area contributed by atoms with Gasteiger partial charge in [0.25, 0.3) is 5.91 Å². The smallest absolute Gasteiger partial charge is 0.253 e. The molecule has 0 saturated carbocycles. The predicted octanol–water partition coefficient (Wildman–Crippen LogP) is 4.32. The van der Waals surface area contributed by atoms with E-state index >= 15 is 0 Å². The van der Waals surface area contributed by atoms with Gasteiger partial charge in [0, 0.05) is 24.2 Å². The largest absolute Gasteiger partial charge is 0.494 e. The zero-order valence-corrected chi connectivity index (χ0v) is 13.9. The van der Waals surface area contributed by atoms with Crippen LogP contribution in [0.4, 0.5) is 0 Å². The van der Waals surface area contributed by atoms with Crippen molar-refractivity contribution >= 4 is 17.5 Å². The van der Waals surface area contributed by atoms with E-state index in [-0.39, 0.29) is 5.91 Å². The van der Waals surface area contributed by atoms with Crippen LogP contribution in [0, 0.1) is 6.92 Å². The highest BCUT2D eigenvalue weighted by Crippen LogP contribution is 2.20. The number of nitrogens with zero attached hydrogens (tertiary/aromatic N) is 1. The Morgan fingerprint density at radius 3 is 2.45 bits per heavy atom. The highest BCUT2D eigenvalue weighted by Gasteiger charge is 2.13. The molecular weight excluding hydrogens is 298 g/mol. The molecular formula is C18H20ClNO2. The van der Waals surface area contributed by atoms with Crippen LogP contribution in [0.5, 0.6) is 5.75 Å². The summed E-state index contributed by atoms with van der Waals surface area (Å²) in [7, 11) is 1.79. The van der Waals surface area contributed by atoms with Gasteiger partial charge < -0.3 is 9.64 Å². The highest BCUT2D eigenvalue weighted by molar-refractivity contribution is 6.30. The van der Waals surface area contributed by atoms with Crippen LogP contribution in [0.15, 0.2) is 42.5 Å². The molecule has 0 aliphatic rings. The van der Waals surface area contributed by atoms with Gasteiger partial charge >= 0.3 is 0 Å². The molecule has 22 heavy (non-hydrogen) atoms. The zero-order chi connectivity index (χ0) is 16.1. The zero-order valence-electron chi connectivity index (χ0n) is 13.1. The number of halogens is 1. The molecule has 3 nitrogen and oxygen atoms in total. The Morgan fingerprint density at radius 1 is 1.18 bits per heavy atom. The van der Waals surface area contributed by atoms with Gasteiger partial charge in [0.05, 0.1) is 6.61 Å². The number of rotatable bonds is 5. The quantitative estimate of drug-likeness (QED) is 0.822. The highest BCUT2D eigenvalue weighted by atomic mass is 35.5. The molecule has 0 aromatic heterocycles. The molecule has 0 aliphatic carbocycles. The van der Waals surface area contributed by atoms with Crippen LogP contribution in [0.3, 0.4) is 0 Å². The Bertz CT molecular complexity index is 653. The average molecular weight is 318 g/mol. The first-order valence-corrected chi connectivity index (χ1v) is 7.62. The molecule has 0 fully saturated rings. The number of benzene rings is 2. The van der Waals surface area contributed by atoms with Crippen molar-refractivity contribution in [3.05, 3.63) is 64.2 Å². The van der Waals surface area contributed by atoms with Gasteiger partial charge in [-0.15, -0.1) is 0 Å². The predicted molar refractivity (Wildman–Crippen MR) is 89.6 cm³/mol. The van der Waals surface area contributed by atoms with Crippen molar-refractivity contribution in [2.45, 2.75) is 20.4 Å². The van der Waals surface area contributed by atoms with E-state index in [1.54, 1.807) is 18.0 Å². The minimum atomic E-state index is -0.0129. The molecule has 116 valence electrons. The molecule has 2 aromatic carbocycles. The van der Waals surface area contributed by atoms with E-state index in [2.05, 4.69) is 0 Å². The number of amides is 1. The lowest BCUT2D eigenvalue weighted by atomic mass is 10.1. The Balaban J connectivity index is 2.10. The van der Waals surface area contributed by atoms with Gasteiger partial charge in [-0.1, -0.05) is 23.7 Å². The van der Waals surface area contributed by atoms with E-state index in [0.29, 0.717) is 23.7 Å². The summed E-state index contributed by atoms with van der Waals surface area (Å²) >= 11 is 5.87. The SMILES string of the molecule is CCOc1ccc(C(=O)N(C)Cc2ccc(Cl)cc2)cc1C. The Kier molecular flexibility index (Phi) is 5.45. The lowest BCUT2D eigenvalue weighted by Crippen LogP contribution is -2.26. The van der Waals surface area contributed by atoms with Gasteiger partial charge in [0.2, 0.25) is 0 Å². The number of carbonyl (C=O) groups excluding carboxylic acids is 1. The number of ether oxygens (including phenoxy) is 1. The number of hydrogen-bond donors (Lipinski definition) is 0. The standard InChI is InChI=1S/C18H20ClNO2/c1-4-22-17-10-7-15(11-13(17)2)18(21)20(3)12-14-5-8-16(19)9-6-14/h5-11H,4,12H2,1-3H3. The molecule has 0 bridgehead atoms. The Hall–Kier alpha value is -2.00. The maximum Gasteiger partial charge on any atom is 0.253 e. The van der Waals surface area contributed by atoms with Gasteiger partial charge in [-0.25, -0.2) is 0 Å². The summed E-state index contributed by atoms with van der Waals surface area (Å²) in [6, 6.07) is 13.0. The lowest BCUT2D eigenvalue weighted by molar-refractivity contribution is 0.0785. The summed E-state index contributed by atoms with van der Waals surface area (Å²) in [6.45, 7) is 5.05. The molecule has 2 aromatic rings. The maximum atomic E-state index is 12.5. The van der Waals surface area contributed by atoms with E-state index in [1.807, 2.05) is 50.2 Å². The van der Waals surface area contributed by atoms with Crippen LogP contribution in [0.25, 0.3) is 0 Å². The molecule has 0 heterocycles. The number of aryl methyl sites for hydroxylation is 1. The fraction of sp³-hybridized carbons (Fsp3) is 0.278. The van der Waals surface area contributed by atoms with Crippen LogP contribution in [0.1, 0.15) is 28.4 Å². The second-order valence-electron chi connectivity index (χ2n) is 5.20. The molecule has 0 N–H and O–H groups in total. The second kappa shape index (κ2) is 7.32. The summed E-state index contributed by atoms with van der Waals surface area (Å²) in [4.78, 5) is 14.2. The first-order chi connectivity index (χ1) is 10.5. The van der Waals surface area contributed by atoms with Crippen molar-refractivity contribution in [1.82, 2.24) is 4.90 Å². The van der Waals surface area contributed by atoms with Gasteiger partial charge in [-0.2, -0.15) is 0 Å².